The van der Waals surface area contributed by atoms with Crippen LogP contribution in [0.5, 0.6) is 0 Å². The maximum absolute atomic E-state index is 13.2. The number of methoxy groups -OCH3 is 1. The molecule has 0 bridgehead atoms. The van der Waals surface area contributed by atoms with Gasteiger partial charge in [-0.25, -0.2) is 4.39 Å². The fourth-order valence-corrected chi connectivity index (χ4v) is 1.87. The van der Waals surface area contributed by atoms with Gasteiger partial charge in [0.2, 0.25) is 5.82 Å². The Hall–Kier alpha value is -1.31. The van der Waals surface area contributed by atoms with Gasteiger partial charge in [0.05, 0.1) is 0 Å². The Labute approximate surface area is 111 Å². The number of nitrogens with zero attached hydrogens (tertiary/aromatic N) is 2. The highest BCUT2D eigenvalue weighted by atomic mass is 79.9. The number of benzene rings is 1. The van der Waals surface area contributed by atoms with Crippen LogP contribution in [0.4, 0.5) is 4.39 Å². The third-order valence-electron chi connectivity index (χ3n) is 2.39. The molecule has 96 valence electrons. The summed E-state index contributed by atoms with van der Waals surface area (Å²) in [7, 11) is 1.50. The first-order valence-corrected chi connectivity index (χ1v) is 5.97. The maximum atomic E-state index is 13.2. The fraction of sp³-hybridized carbons (Fsp3) is 0.273. The summed E-state index contributed by atoms with van der Waals surface area (Å²) in [6, 6.07) is 4.24. The molecule has 1 aromatic carbocycles. The van der Waals surface area contributed by atoms with Gasteiger partial charge in [0.1, 0.15) is 11.9 Å². The molecule has 0 aliphatic heterocycles. The monoisotopic (exact) mass is 315 g/mol. The molecule has 0 saturated carbocycles. The molecular formula is C11H11BrFN3O2. The molecule has 1 aromatic heterocycles. The van der Waals surface area contributed by atoms with E-state index >= 15 is 0 Å². The van der Waals surface area contributed by atoms with Crippen LogP contribution in [0.25, 0.3) is 11.4 Å². The Balaban J connectivity index is 2.37. The van der Waals surface area contributed by atoms with E-state index in [2.05, 4.69) is 26.1 Å². The summed E-state index contributed by atoms with van der Waals surface area (Å²) in [5.74, 6) is 0.180. The highest BCUT2D eigenvalue weighted by Crippen LogP contribution is 2.27. The lowest BCUT2D eigenvalue weighted by molar-refractivity contribution is 0.0804. The molecule has 2 aromatic rings. The third-order valence-corrected chi connectivity index (χ3v) is 3.08. The van der Waals surface area contributed by atoms with E-state index in [9.17, 15) is 4.39 Å². The molecule has 1 atom stereocenters. The van der Waals surface area contributed by atoms with Crippen molar-refractivity contribution < 1.29 is 13.7 Å². The Bertz CT molecular complexity index is 543. The summed E-state index contributed by atoms with van der Waals surface area (Å²) < 4.78 is 24.0. The SMILES string of the molecule is COC(CN)c1nc(-c2cc(F)ccc2Br)no1. The molecule has 0 aliphatic rings. The number of halogens is 2. The predicted octanol–water partition coefficient (Wildman–Crippen LogP) is 2.28. The van der Waals surface area contributed by atoms with Gasteiger partial charge in [0, 0.05) is 23.7 Å². The van der Waals surface area contributed by atoms with Crippen molar-refractivity contribution in [1.82, 2.24) is 10.1 Å². The van der Waals surface area contributed by atoms with Gasteiger partial charge in [-0.15, -0.1) is 0 Å². The summed E-state index contributed by atoms with van der Waals surface area (Å²) in [6.45, 7) is 0.225. The van der Waals surface area contributed by atoms with Crippen molar-refractivity contribution in [3.8, 4) is 11.4 Å². The molecule has 0 amide bonds. The van der Waals surface area contributed by atoms with Crippen molar-refractivity contribution in [3.05, 3.63) is 34.4 Å². The molecule has 0 fully saturated rings. The lowest BCUT2D eigenvalue weighted by atomic mass is 10.2. The third kappa shape index (κ3) is 2.58. The highest BCUT2D eigenvalue weighted by molar-refractivity contribution is 9.10. The second kappa shape index (κ2) is 5.55. The maximum Gasteiger partial charge on any atom is 0.257 e. The lowest BCUT2D eigenvalue weighted by Crippen LogP contribution is -2.14. The van der Waals surface area contributed by atoms with Crippen LogP contribution >= 0.6 is 15.9 Å². The van der Waals surface area contributed by atoms with Crippen molar-refractivity contribution in [2.45, 2.75) is 6.10 Å². The topological polar surface area (TPSA) is 74.2 Å². The number of ether oxygens (including phenoxy) is 1. The molecule has 1 unspecified atom stereocenters. The van der Waals surface area contributed by atoms with Gasteiger partial charge in [-0.2, -0.15) is 4.98 Å². The zero-order valence-corrected chi connectivity index (χ0v) is 11.1. The average molecular weight is 316 g/mol. The van der Waals surface area contributed by atoms with Gasteiger partial charge >= 0.3 is 0 Å². The minimum atomic E-state index is -0.460. The van der Waals surface area contributed by atoms with Crippen LogP contribution in [0, 0.1) is 5.82 Å². The molecule has 1 heterocycles. The second-order valence-corrected chi connectivity index (χ2v) is 4.39. The van der Waals surface area contributed by atoms with E-state index in [1.807, 2.05) is 0 Å². The van der Waals surface area contributed by atoms with Gasteiger partial charge in [-0.1, -0.05) is 21.1 Å². The van der Waals surface area contributed by atoms with Crippen LogP contribution < -0.4 is 5.73 Å². The lowest BCUT2D eigenvalue weighted by Gasteiger charge is -2.05. The Morgan fingerprint density at radius 1 is 1.56 bits per heavy atom. The molecule has 7 heteroatoms. The van der Waals surface area contributed by atoms with Crippen LogP contribution in [0.15, 0.2) is 27.2 Å². The number of rotatable bonds is 4. The van der Waals surface area contributed by atoms with Crippen molar-refractivity contribution in [1.29, 1.82) is 0 Å². The fourth-order valence-electron chi connectivity index (χ4n) is 1.44. The summed E-state index contributed by atoms with van der Waals surface area (Å²) >= 11 is 3.30. The Morgan fingerprint density at radius 2 is 2.33 bits per heavy atom. The molecule has 0 spiro atoms. The van der Waals surface area contributed by atoms with Gasteiger partial charge in [-0.05, 0) is 18.2 Å². The molecule has 0 radical (unpaired) electrons. The van der Waals surface area contributed by atoms with Crippen molar-refractivity contribution in [2.75, 3.05) is 13.7 Å². The van der Waals surface area contributed by atoms with Gasteiger partial charge in [0.15, 0.2) is 0 Å². The number of nitrogens with two attached hydrogens (primary N) is 1. The Morgan fingerprint density at radius 3 is 3.00 bits per heavy atom. The molecule has 2 N–H and O–H groups in total. The first-order valence-electron chi connectivity index (χ1n) is 5.17. The minimum Gasteiger partial charge on any atom is -0.370 e. The second-order valence-electron chi connectivity index (χ2n) is 3.54. The molecule has 0 saturated heterocycles. The standard InChI is InChI=1S/C11H11BrFN3O2/c1-17-9(5-14)11-15-10(16-18-11)7-4-6(13)2-3-8(7)12/h2-4,9H,5,14H2,1H3. The summed E-state index contributed by atoms with van der Waals surface area (Å²) in [5, 5.41) is 3.79. The van der Waals surface area contributed by atoms with E-state index in [0.29, 0.717) is 10.0 Å². The number of hydrogen-bond acceptors (Lipinski definition) is 5. The quantitative estimate of drug-likeness (QED) is 0.937. The van der Waals surface area contributed by atoms with E-state index in [1.165, 1.54) is 19.2 Å². The summed E-state index contributed by atoms with van der Waals surface area (Å²) in [6.07, 6.45) is -0.460. The van der Waals surface area contributed by atoms with Crippen molar-refractivity contribution in [2.24, 2.45) is 5.73 Å². The zero-order chi connectivity index (χ0) is 13.1. The van der Waals surface area contributed by atoms with Gasteiger partial charge < -0.3 is 15.0 Å². The molecule has 0 aliphatic carbocycles. The van der Waals surface area contributed by atoms with Crippen LogP contribution in [0.3, 0.4) is 0 Å². The highest BCUT2D eigenvalue weighted by Gasteiger charge is 2.18. The van der Waals surface area contributed by atoms with E-state index in [4.69, 9.17) is 15.0 Å². The van der Waals surface area contributed by atoms with Crippen LogP contribution in [-0.4, -0.2) is 23.8 Å². The first-order chi connectivity index (χ1) is 8.65. The smallest absolute Gasteiger partial charge is 0.257 e. The van der Waals surface area contributed by atoms with E-state index < -0.39 is 6.10 Å². The van der Waals surface area contributed by atoms with E-state index in [1.54, 1.807) is 6.07 Å². The minimum absolute atomic E-state index is 0.225. The molecule has 5 nitrogen and oxygen atoms in total. The van der Waals surface area contributed by atoms with Gasteiger partial charge in [0.25, 0.3) is 5.89 Å². The molecule has 2 rings (SSSR count). The largest absolute Gasteiger partial charge is 0.370 e. The van der Waals surface area contributed by atoms with Crippen LogP contribution in [0.1, 0.15) is 12.0 Å². The Kier molecular flexibility index (Phi) is 4.05. The number of aromatic nitrogens is 2. The molecular weight excluding hydrogens is 305 g/mol. The number of hydrogen-bond donors (Lipinski definition) is 1. The van der Waals surface area contributed by atoms with Crippen molar-refractivity contribution >= 4 is 15.9 Å². The van der Waals surface area contributed by atoms with Crippen molar-refractivity contribution in [3.63, 3.8) is 0 Å². The molecule has 18 heavy (non-hydrogen) atoms. The van der Waals surface area contributed by atoms with Crippen LogP contribution in [0.2, 0.25) is 0 Å². The zero-order valence-electron chi connectivity index (χ0n) is 9.56. The van der Waals surface area contributed by atoms with E-state index in [-0.39, 0.29) is 24.1 Å². The van der Waals surface area contributed by atoms with Crippen LogP contribution in [-0.2, 0) is 4.74 Å². The van der Waals surface area contributed by atoms with Gasteiger partial charge in [-0.3, -0.25) is 0 Å². The summed E-state index contributed by atoms with van der Waals surface area (Å²) in [4.78, 5) is 4.14. The average Bonchev–Trinajstić information content (AvgIpc) is 2.83. The first kappa shape index (κ1) is 13.1. The normalized spacial score (nSPS) is 12.7. The summed E-state index contributed by atoms with van der Waals surface area (Å²) in [5.41, 5.74) is 6.01. The van der Waals surface area contributed by atoms with E-state index in [0.717, 1.165) is 0 Å². The predicted molar refractivity (Wildman–Crippen MR) is 66.2 cm³/mol.